The van der Waals surface area contributed by atoms with E-state index >= 15 is 0 Å². The fourth-order valence-corrected chi connectivity index (χ4v) is 2.64. The number of aliphatic imine (C=N–C) groups is 1. The molecule has 1 fully saturated rings. The Morgan fingerprint density at radius 2 is 1.96 bits per heavy atom. The standard InChI is InChI=1S/C18H26N2O3/c1-19-18(21)23-13-5-12-22-17-10-8-16(9-11-17)20-14-15-6-3-2-4-7-15/h2-4,6-7,14,16-17H,5,8-13H2,1H3,(H,19,21)/b20-14+. The Morgan fingerprint density at radius 1 is 1.22 bits per heavy atom. The largest absolute Gasteiger partial charge is 0.449 e. The monoisotopic (exact) mass is 318 g/mol. The number of carbonyl (C=O) groups is 1. The average Bonchev–Trinajstić information content (AvgIpc) is 2.61. The average molecular weight is 318 g/mol. The van der Waals surface area contributed by atoms with E-state index in [0.717, 1.165) is 37.7 Å². The zero-order valence-corrected chi connectivity index (χ0v) is 13.7. The van der Waals surface area contributed by atoms with Gasteiger partial charge in [0.25, 0.3) is 0 Å². The summed E-state index contributed by atoms with van der Waals surface area (Å²) >= 11 is 0. The van der Waals surface area contributed by atoms with Crippen LogP contribution in [-0.4, -0.2) is 44.7 Å². The molecule has 1 aromatic rings. The summed E-state index contributed by atoms with van der Waals surface area (Å²) in [6.45, 7) is 1.04. The molecule has 2 rings (SSSR count). The lowest BCUT2D eigenvalue weighted by Crippen LogP contribution is -2.25. The van der Waals surface area contributed by atoms with Crippen LogP contribution in [0, 0.1) is 0 Å². The molecule has 0 spiro atoms. The highest BCUT2D eigenvalue weighted by molar-refractivity contribution is 5.79. The Balaban J connectivity index is 1.57. The van der Waals surface area contributed by atoms with Gasteiger partial charge < -0.3 is 14.8 Å². The summed E-state index contributed by atoms with van der Waals surface area (Å²) in [5.41, 5.74) is 1.15. The minimum absolute atomic E-state index is 0.318. The summed E-state index contributed by atoms with van der Waals surface area (Å²) in [4.78, 5) is 15.6. The molecular weight excluding hydrogens is 292 g/mol. The molecule has 5 nitrogen and oxygen atoms in total. The first-order valence-corrected chi connectivity index (χ1v) is 8.32. The van der Waals surface area contributed by atoms with Crippen LogP contribution < -0.4 is 5.32 Å². The maximum absolute atomic E-state index is 10.9. The van der Waals surface area contributed by atoms with Gasteiger partial charge in [-0.25, -0.2) is 4.79 Å². The summed E-state index contributed by atoms with van der Waals surface area (Å²) in [6.07, 6.45) is 6.88. The molecule has 0 aromatic heterocycles. The number of alkyl carbamates (subject to hydrolysis) is 1. The molecule has 5 heteroatoms. The quantitative estimate of drug-likeness (QED) is 0.620. The molecule has 0 bridgehead atoms. The van der Waals surface area contributed by atoms with Crippen molar-refractivity contribution in [1.82, 2.24) is 5.32 Å². The van der Waals surface area contributed by atoms with E-state index in [1.807, 2.05) is 24.4 Å². The fourth-order valence-electron chi connectivity index (χ4n) is 2.64. The van der Waals surface area contributed by atoms with Gasteiger partial charge in [0.05, 0.1) is 25.4 Å². The number of benzene rings is 1. The van der Waals surface area contributed by atoms with Crippen LogP contribution >= 0.6 is 0 Å². The second-order valence-corrected chi connectivity index (χ2v) is 5.73. The van der Waals surface area contributed by atoms with E-state index in [1.54, 1.807) is 7.05 Å². The third-order valence-corrected chi connectivity index (χ3v) is 3.96. The van der Waals surface area contributed by atoms with Gasteiger partial charge in [-0.2, -0.15) is 0 Å². The summed E-state index contributed by atoms with van der Waals surface area (Å²) < 4.78 is 10.8. The number of hydrogen-bond acceptors (Lipinski definition) is 4. The number of rotatable bonds is 7. The van der Waals surface area contributed by atoms with Crippen molar-refractivity contribution in [2.24, 2.45) is 4.99 Å². The van der Waals surface area contributed by atoms with Gasteiger partial charge in [0.1, 0.15) is 0 Å². The highest BCUT2D eigenvalue weighted by Gasteiger charge is 2.20. The van der Waals surface area contributed by atoms with E-state index in [9.17, 15) is 4.79 Å². The summed E-state index contributed by atoms with van der Waals surface area (Å²) in [5.74, 6) is 0. The van der Waals surface area contributed by atoms with Gasteiger partial charge in [-0.15, -0.1) is 0 Å². The molecule has 0 aliphatic heterocycles. The van der Waals surface area contributed by atoms with Gasteiger partial charge in [-0.05, 0) is 31.2 Å². The van der Waals surface area contributed by atoms with Crippen LogP contribution in [0.15, 0.2) is 35.3 Å². The minimum Gasteiger partial charge on any atom is -0.449 e. The molecule has 1 aliphatic rings. The zero-order chi connectivity index (χ0) is 16.3. The van der Waals surface area contributed by atoms with Gasteiger partial charge in [-0.3, -0.25) is 4.99 Å². The summed E-state index contributed by atoms with van der Waals surface area (Å²) in [7, 11) is 1.55. The normalized spacial score (nSPS) is 21.3. The summed E-state index contributed by atoms with van der Waals surface area (Å²) in [6, 6.07) is 10.6. The predicted molar refractivity (Wildman–Crippen MR) is 91.1 cm³/mol. The first-order chi connectivity index (χ1) is 11.3. The second-order valence-electron chi connectivity index (χ2n) is 5.73. The van der Waals surface area contributed by atoms with Crippen molar-refractivity contribution in [1.29, 1.82) is 0 Å². The van der Waals surface area contributed by atoms with Gasteiger partial charge in [0, 0.05) is 19.7 Å². The van der Waals surface area contributed by atoms with E-state index in [4.69, 9.17) is 9.47 Å². The van der Waals surface area contributed by atoms with Crippen molar-refractivity contribution >= 4 is 12.3 Å². The second kappa shape index (κ2) is 10.0. The molecule has 1 aromatic carbocycles. The Labute approximate surface area is 138 Å². The third kappa shape index (κ3) is 6.82. The topological polar surface area (TPSA) is 59.9 Å². The van der Waals surface area contributed by atoms with Crippen molar-refractivity contribution in [2.45, 2.75) is 44.2 Å². The van der Waals surface area contributed by atoms with Crippen LogP contribution in [0.25, 0.3) is 0 Å². The molecule has 0 atom stereocenters. The Hall–Kier alpha value is -1.88. The molecule has 1 amide bonds. The van der Waals surface area contributed by atoms with E-state index in [2.05, 4.69) is 22.4 Å². The van der Waals surface area contributed by atoms with Gasteiger partial charge in [-0.1, -0.05) is 30.3 Å². The number of ether oxygens (including phenoxy) is 2. The first-order valence-electron chi connectivity index (χ1n) is 8.32. The van der Waals surface area contributed by atoms with Crippen LogP contribution in [0.4, 0.5) is 4.79 Å². The lowest BCUT2D eigenvalue weighted by Gasteiger charge is -2.26. The number of nitrogens with one attached hydrogen (secondary N) is 1. The van der Waals surface area contributed by atoms with Gasteiger partial charge in [0.15, 0.2) is 0 Å². The van der Waals surface area contributed by atoms with Crippen molar-refractivity contribution < 1.29 is 14.3 Å². The van der Waals surface area contributed by atoms with E-state index in [-0.39, 0.29) is 6.09 Å². The lowest BCUT2D eigenvalue weighted by molar-refractivity contribution is 0.0171. The number of nitrogens with zero attached hydrogens (tertiary/aromatic N) is 1. The predicted octanol–water partition coefficient (Wildman–Crippen LogP) is 3.18. The molecule has 0 saturated heterocycles. The first kappa shape index (κ1) is 17.5. The van der Waals surface area contributed by atoms with Crippen molar-refractivity contribution in [3.63, 3.8) is 0 Å². The van der Waals surface area contributed by atoms with Crippen LogP contribution in [-0.2, 0) is 9.47 Å². The highest BCUT2D eigenvalue weighted by Crippen LogP contribution is 2.23. The van der Waals surface area contributed by atoms with Crippen molar-refractivity contribution in [3.8, 4) is 0 Å². The van der Waals surface area contributed by atoms with Gasteiger partial charge >= 0.3 is 6.09 Å². The number of carbonyl (C=O) groups excluding carboxylic acids is 1. The molecule has 126 valence electrons. The van der Waals surface area contributed by atoms with Crippen LogP contribution in [0.1, 0.15) is 37.7 Å². The molecule has 1 saturated carbocycles. The maximum atomic E-state index is 10.9. The fraction of sp³-hybridized carbons (Fsp3) is 0.556. The van der Waals surface area contributed by atoms with E-state index in [0.29, 0.717) is 25.4 Å². The smallest absolute Gasteiger partial charge is 0.406 e. The molecule has 1 aliphatic carbocycles. The Morgan fingerprint density at radius 3 is 2.65 bits per heavy atom. The molecular formula is C18H26N2O3. The van der Waals surface area contributed by atoms with Crippen molar-refractivity contribution in [3.05, 3.63) is 35.9 Å². The van der Waals surface area contributed by atoms with Crippen LogP contribution in [0.2, 0.25) is 0 Å². The number of amides is 1. The molecule has 23 heavy (non-hydrogen) atoms. The molecule has 1 N–H and O–H groups in total. The summed E-state index contributed by atoms with van der Waals surface area (Å²) in [5, 5.41) is 2.42. The minimum atomic E-state index is -0.387. The van der Waals surface area contributed by atoms with E-state index < -0.39 is 0 Å². The maximum Gasteiger partial charge on any atom is 0.406 e. The third-order valence-electron chi connectivity index (χ3n) is 3.96. The molecule has 0 unspecified atom stereocenters. The Kier molecular flexibility index (Phi) is 7.60. The van der Waals surface area contributed by atoms with Crippen LogP contribution in [0.3, 0.4) is 0 Å². The lowest BCUT2D eigenvalue weighted by atomic mass is 9.93. The van der Waals surface area contributed by atoms with Gasteiger partial charge in [0.2, 0.25) is 0 Å². The van der Waals surface area contributed by atoms with Crippen LogP contribution in [0.5, 0.6) is 0 Å². The van der Waals surface area contributed by atoms with E-state index in [1.165, 1.54) is 0 Å². The highest BCUT2D eigenvalue weighted by atomic mass is 16.5. The number of hydrogen-bond donors (Lipinski definition) is 1. The molecule has 0 heterocycles. The Bertz CT molecular complexity index is 482. The SMILES string of the molecule is CNC(=O)OCCCOC1CCC(/N=C/c2ccccc2)CC1. The zero-order valence-electron chi connectivity index (χ0n) is 13.7. The van der Waals surface area contributed by atoms with Crippen molar-refractivity contribution in [2.75, 3.05) is 20.3 Å². The molecule has 0 radical (unpaired) electrons.